The SMILES string of the molecule is CCSc1ccc(NCc2nccc(N)n2)cc1. The van der Waals surface area contributed by atoms with E-state index in [9.17, 15) is 0 Å². The number of anilines is 2. The number of hydrogen-bond acceptors (Lipinski definition) is 5. The first-order valence-corrected chi connectivity index (χ1v) is 6.80. The van der Waals surface area contributed by atoms with E-state index in [1.54, 1.807) is 12.3 Å². The van der Waals surface area contributed by atoms with Crippen LogP contribution in [0.1, 0.15) is 12.7 Å². The molecule has 0 atom stereocenters. The van der Waals surface area contributed by atoms with E-state index in [0.717, 1.165) is 11.4 Å². The van der Waals surface area contributed by atoms with Crippen molar-refractivity contribution in [1.29, 1.82) is 0 Å². The largest absolute Gasteiger partial charge is 0.384 e. The molecule has 0 amide bonds. The lowest BCUT2D eigenvalue weighted by atomic mass is 10.3. The summed E-state index contributed by atoms with van der Waals surface area (Å²) in [6.07, 6.45) is 1.67. The van der Waals surface area contributed by atoms with Gasteiger partial charge in [0.05, 0.1) is 6.54 Å². The van der Waals surface area contributed by atoms with Gasteiger partial charge in [-0.15, -0.1) is 11.8 Å². The van der Waals surface area contributed by atoms with E-state index in [0.29, 0.717) is 18.2 Å². The van der Waals surface area contributed by atoms with Gasteiger partial charge in [-0.2, -0.15) is 0 Å². The molecular weight excluding hydrogens is 244 g/mol. The zero-order valence-electron chi connectivity index (χ0n) is 10.3. The number of hydrogen-bond donors (Lipinski definition) is 2. The van der Waals surface area contributed by atoms with Crippen LogP contribution in [0.15, 0.2) is 41.4 Å². The molecule has 0 aliphatic heterocycles. The molecule has 94 valence electrons. The van der Waals surface area contributed by atoms with Gasteiger partial charge in [0, 0.05) is 16.8 Å². The Labute approximate surface area is 111 Å². The van der Waals surface area contributed by atoms with E-state index in [4.69, 9.17) is 5.73 Å². The first-order chi connectivity index (χ1) is 8.78. The number of benzene rings is 1. The van der Waals surface area contributed by atoms with E-state index in [2.05, 4.69) is 46.5 Å². The Morgan fingerprint density at radius 2 is 2.00 bits per heavy atom. The van der Waals surface area contributed by atoms with E-state index in [-0.39, 0.29) is 0 Å². The van der Waals surface area contributed by atoms with E-state index in [1.807, 2.05) is 11.8 Å². The van der Waals surface area contributed by atoms with Crippen molar-refractivity contribution in [3.63, 3.8) is 0 Å². The van der Waals surface area contributed by atoms with Crippen LogP contribution in [-0.2, 0) is 6.54 Å². The van der Waals surface area contributed by atoms with Gasteiger partial charge >= 0.3 is 0 Å². The second kappa shape index (κ2) is 6.26. The van der Waals surface area contributed by atoms with Crippen LogP contribution >= 0.6 is 11.8 Å². The predicted octanol–water partition coefficient (Wildman–Crippen LogP) is 2.78. The fourth-order valence-electron chi connectivity index (χ4n) is 1.52. The Morgan fingerprint density at radius 1 is 1.22 bits per heavy atom. The van der Waals surface area contributed by atoms with Gasteiger partial charge < -0.3 is 11.1 Å². The third-order valence-corrected chi connectivity index (χ3v) is 3.24. The minimum absolute atomic E-state index is 0.497. The number of nitrogen functional groups attached to an aromatic ring is 1. The van der Waals surface area contributed by atoms with Crippen molar-refractivity contribution >= 4 is 23.3 Å². The lowest BCUT2D eigenvalue weighted by Gasteiger charge is -2.06. The van der Waals surface area contributed by atoms with Gasteiger partial charge in [0.15, 0.2) is 0 Å². The Hall–Kier alpha value is -1.75. The zero-order chi connectivity index (χ0) is 12.8. The fraction of sp³-hybridized carbons (Fsp3) is 0.231. The molecule has 0 spiro atoms. The molecule has 0 saturated carbocycles. The number of nitrogens with two attached hydrogens (primary N) is 1. The van der Waals surface area contributed by atoms with Crippen molar-refractivity contribution < 1.29 is 0 Å². The highest BCUT2D eigenvalue weighted by Gasteiger charge is 1.98. The topological polar surface area (TPSA) is 63.8 Å². The Bertz CT molecular complexity index is 499. The van der Waals surface area contributed by atoms with E-state index in [1.165, 1.54) is 4.90 Å². The lowest BCUT2D eigenvalue weighted by molar-refractivity contribution is 0.954. The molecule has 1 heterocycles. The maximum absolute atomic E-state index is 5.60. The average molecular weight is 260 g/mol. The van der Waals surface area contributed by atoms with Crippen LogP contribution in [0.3, 0.4) is 0 Å². The molecule has 0 saturated heterocycles. The smallest absolute Gasteiger partial charge is 0.149 e. The monoisotopic (exact) mass is 260 g/mol. The maximum atomic E-state index is 5.60. The van der Waals surface area contributed by atoms with Crippen LogP contribution in [0.2, 0.25) is 0 Å². The molecule has 0 aliphatic rings. The highest BCUT2D eigenvalue weighted by molar-refractivity contribution is 7.99. The summed E-state index contributed by atoms with van der Waals surface area (Å²) in [7, 11) is 0. The maximum Gasteiger partial charge on any atom is 0.149 e. The summed E-state index contributed by atoms with van der Waals surface area (Å²) >= 11 is 1.83. The molecule has 0 bridgehead atoms. The molecular formula is C13H16N4S. The van der Waals surface area contributed by atoms with Crippen LogP contribution in [0.5, 0.6) is 0 Å². The van der Waals surface area contributed by atoms with Crippen LogP contribution in [0, 0.1) is 0 Å². The summed E-state index contributed by atoms with van der Waals surface area (Å²) in [6.45, 7) is 2.72. The molecule has 0 fully saturated rings. The van der Waals surface area contributed by atoms with Gasteiger partial charge in [-0.1, -0.05) is 6.92 Å². The zero-order valence-corrected chi connectivity index (χ0v) is 11.1. The second-order valence-electron chi connectivity index (χ2n) is 3.71. The summed E-state index contributed by atoms with van der Waals surface area (Å²) in [5.41, 5.74) is 6.66. The Morgan fingerprint density at radius 3 is 2.67 bits per heavy atom. The van der Waals surface area contributed by atoms with Crippen molar-refractivity contribution in [1.82, 2.24) is 9.97 Å². The summed E-state index contributed by atoms with van der Waals surface area (Å²) in [6, 6.07) is 10.0. The number of nitrogens with one attached hydrogen (secondary N) is 1. The molecule has 4 nitrogen and oxygen atoms in total. The highest BCUT2D eigenvalue weighted by Crippen LogP contribution is 2.19. The van der Waals surface area contributed by atoms with E-state index < -0.39 is 0 Å². The molecule has 2 rings (SSSR count). The molecule has 0 unspecified atom stereocenters. The van der Waals surface area contributed by atoms with Crippen molar-refractivity contribution in [2.24, 2.45) is 0 Å². The van der Waals surface area contributed by atoms with Gasteiger partial charge in [-0.05, 0) is 36.1 Å². The summed E-state index contributed by atoms with van der Waals surface area (Å²) in [4.78, 5) is 9.56. The summed E-state index contributed by atoms with van der Waals surface area (Å²) in [5.74, 6) is 2.28. The van der Waals surface area contributed by atoms with Gasteiger partial charge in [0.1, 0.15) is 11.6 Å². The van der Waals surface area contributed by atoms with Crippen LogP contribution < -0.4 is 11.1 Å². The van der Waals surface area contributed by atoms with Crippen LogP contribution in [0.4, 0.5) is 11.5 Å². The summed E-state index contributed by atoms with van der Waals surface area (Å²) < 4.78 is 0. The quantitative estimate of drug-likeness (QED) is 0.809. The lowest BCUT2D eigenvalue weighted by Crippen LogP contribution is -2.05. The average Bonchev–Trinajstić information content (AvgIpc) is 2.38. The minimum Gasteiger partial charge on any atom is -0.384 e. The molecule has 1 aromatic carbocycles. The van der Waals surface area contributed by atoms with Gasteiger partial charge in [-0.3, -0.25) is 0 Å². The van der Waals surface area contributed by atoms with Crippen LogP contribution in [-0.4, -0.2) is 15.7 Å². The number of thioether (sulfide) groups is 1. The predicted molar refractivity (Wildman–Crippen MR) is 76.6 cm³/mol. The summed E-state index contributed by atoms with van der Waals surface area (Å²) in [5, 5.41) is 3.27. The molecule has 0 aliphatic carbocycles. The van der Waals surface area contributed by atoms with Gasteiger partial charge in [0.25, 0.3) is 0 Å². The fourth-order valence-corrected chi connectivity index (χ4v) is 2.18. The van der Waals surface area contributed by atoms with Crippen molar-refractivity contribution in [2.45, 2.75) is 18.4 Å². The highest BCUT2D eigenvalue weighted by atomic mass is 32.2. The minimum atomic E-state index is 0.497. The molecule has 1 aromatic heterocycles. The normalized spacial score (nSPS) is 10.3. The third-order valence-electron chi connectivity index (χ3n) is 2.34. The number of rotatable bonds is 5. The van der Waals surface area contributed by atoms with Crippen molar-refractivity contribution in [3.8, 4) is 0 Å². The first kappa shape index (κ1) is 12.7. The Balaban J connectivity index is 1.93. The molecule has 3 N–H and O–H groups in total. The first-order valence-electron chi connectivity index (χ1n) is 5.82. The van der Waals surface area contributed by atoms with Gasteiger partial charge in [-0.25, -0.2) is 9.97 Å². The van der Waals surface area contributed by atoms with Gasteiger partial charge in [0.2, 0.25) is 0 Å². The van der Waals surface area contributed by atoms with Crippen molar-refractivity contribution in [3.05, 3.63) is 42.4 Å². The Kier molecular flexibility index (Phi) is 4.41. The third kappa shape index (κ3) is 3.63. The standard InChI is InChI=1S/C13H16N4S/c1-2-18-11-5-3-10(4-6-11)16-9-13-15-8-7-12(14)17-13/h3-8,16H,2,9H2,1H3,(H2,14,15,17). The molecule has 0 radical (unpaired) electrons. The number of nitrogens with zero attached hydrogens (tertiary/aromatic N) is 2. The van der Waals surface area contributed by atoms with E-state index >= 15 is 0 Å². The van der Waals surface area contributed by atoms with Crippen molar-refractivity contribution in [2.75, 3.05) is 16.8 Å². The molecule has 5 heteroatoms. The number of aromatic nitrogens is 2. The second-order valence-corrected chi connectivity index (χ2v) is 5.05. The van der Waals surface area contributed by atoms with Crippen LogP contribution in [0.25, 0.3) is 0 Å². The molecule has 2 aromatic rings. The molecule has 18 heavy (non-hydrogen) atoms.